The summed E-state index contributed by atoms with van der Waals surface area (Å²) in [5.41, 5.74) is 5.28. The fourth-order valence-corrected chi connectivity index (χ4v) is 4.20. The molecule has 2 fully saturated rings. The highest BCUT2D eigenvalue weighted by atomic mass is 32.1. The van der Waals surface area contributed by atoms with Gasteiger partial charge >= 0.3 is 0 Å². The van der Waals surface area contributed by atoms with Gasteiger partial charge in [-0.3, -0.25) is 15.5 Å². The fraction of sp³-hybridized carbons (Fsp3) is 0.529. The number of benzene rings is 1. The summed E-state index contributed by atoms with van der Waals surface area (Å²) in [6, 6.07) is 6.13. The monoisotopic (exact) mass is 346 g/mol. The number of hydrogen-bond donors (Lipinski definition) is 2. The summed E-state index contributed by atoms with van der Waals surface area (Å²) >= 11 is 5.27. The van der Waals surface area contributed by atoms with Crippen molar-refractivity contribution in [2.75, 3.05) is 5.32 Å². The molecule has 0 saturated heterocycles. The van der Waals surface area contributed by atoms with Crippen LogP contribution in [0.15, 0.2) is 29.4 Å². The van der Waals surface area contributed by atoms with Crippen LogP contribution in [0.3, 0.4) is 0 Å². The van der Waals surface area contributed by atoms with Crippen LogP contribution in [0.5, 0.6) is 0 Å². The molecule has 2 saturated carbocycles. The van der Waals surface area contributed by atoms with E-state index in [1.807, 2.05) is 0 Å². The molecule has 1 aromatic rings. The van der Waals surface area contributed by atoms with Gasteiger partial charge in [-0.15, -0.1) is 0 Å². The zero-order chi connectivity index (χ0) is 17.5. The normalized spacial score (nSPS) is 28.8. The quantitative estimate of drug-likeness (QED) is 0.490. The number of nitrogens with zero attached hydrogens (tertiary/aromatic N) is 2. The Morgan fingerprint density at radius 1 is 1.33 bits per heavy atom. The Hall–Kier alpha value is -2.02. The molecular formula is C17H22N4O2S. The van der Waals surface area contributed by atoms with Crippen LogP contribution in [0.1, 0.15) is 40.0 Å². The molecule has 7 heteroatoms. The number of anilines is 1. The van der Waals surface area contributed by atoms with E-state index in [2.05, 4.69) is 36.6 Å². The number of rotatable bonds is 3. The molecule has 6 nitrogen and oxygen atoms in total. The van der Waals surface area contributed by atoms with Crippen molar-refractivity contribution in [2.24, 2.45) is 21.8 Å². The molecule has 2 N–H and O–H groups in total. The summed E-state index contributed by atoms with van der Waals surface area (Å²) in [4.78, 5) is 10.2. The van der Waals surface area contributed by atoms with E-state index in [4.69, 9.17) is 12.2 Å². The number of nitro benzene ring substituents is 1. The predicted molar refractivity (Wildman–Crippen MR) is 99.1 cm³/mol. The zero-order valence-corrected chi connectivity index (χ0v) is 14.9. The van der Waals surface area contributed by atoms with E-state index in [0.29, 0.717) is 16.7 Å². The van der Waals surface area contributed by atoms with Gasteiger partial charge in [-0.2, -0.15) is 5.10 Å². The Bertz CT molecular complexity index is 714. The fourth-order valence-electron chi connectivity index (χ4n) is 4.04. The molecule has 2 atom stereocenters. The third-order valence-electron chi connectivity index (χ3n) is 6.14. The number of thiocarbonyl (C=S) groups is 1. The lowest BCUT2D eigenvalue weighted by molar-refractivity contribution is -0.384. The van der Waals surface area contributed by atoms with Gasteiger partial charge in [0.2, 0.25) is 0 Å². The second-order valence-corrected chi connectivity index (χ2v) is 7.83. The number of non-ortho nitro benzene ring substituents is 1. The Morgan fingerprint density at radius 2 is 2.00 bits per heavy atom. The second-order valence-electron chi connectivity index (χ2n) is 7.42. The van der Waals surface area contributed by atoms with Gasteiger partial charge in [0.15, 0.2) is 5.11 Å². The minimum absolute atomic E-state index is 0.0526. The predicted octanol–water partition coefficient (Wildman–Crippen LogP) is 4.08. The van der Waals surface area contributed by atoms with Crippen molar-refractivity contribution in [1.29, 1.82) is 0 Å². The van der Waals surface area contributed by atoms with Gasteiger partial charge in [-0.25, -0.2) is 0 Å². The lowest BCUT2D eigenvalue weighted by Gasteiger charge is -2.34. The topological polar surface area (TPSA) is 79.6 Å². The van der Waals surface area contributed by atoms with E-state index in [0.717, 1.165) is 6.42 Å². The smallest absolute Gasteiger partial charge is 0.269 e. The number of nitrogens with one attached hydrogen (secondary N) is 2. The number of hydrazone groups is 1. The third-order valence-corrected chi connectivity index (χ3v) is 6.33. The number of nitro groups is 1. The van der Waals surface area contributed by atoms with E-state index in [-0.39, 0.29) is 16.5 Å². The highest BCUT2D eigenvalue weighted by Gasteiger charge is 2.59. The first-order valence-electron chi connectivity index (χ1n) is 8.12. The highest BCUT2D eigenvalue weighted by molar-refractivity contribution is 7.80. The zero-order valence-electron chi connectivity index (χ0n) is 14.1. The Morgan fingerprint density at radius 3 is 2.50 bits per heavy atom. The maximum absolute atomic E-state index is 10.7. The summed E-state index contributed by atoms with van der Waals surface area (Å²) < 4.78 is 0. The SMILES string of the molecule is CC1(C)[C@@H]2CC[C@]1(C)/C(=N/NC(=S)Nc1ccc([N+](=O)[O-])cc1)C2. The van der Waals surface area contributed by atoms with E-state index in [1.54, 1.807) is 12.1 Å². The average Bonchev–Trinajstić information content (AvgIpc) is 2.86. The van der Waals surface area contributed by atoms with Gasteiger partial charge in [-0.1, -0.05) is 20.8 Å². The van der Waals surface area contributed by atoms with E-state index in [9.17, 15) is 10.1 Å². The molecular weight excluding hydrogens is 324 g/mol. The maximum Gasteiger partial charge on any atom is 0.269 e. The van der Waals surface area contributed by atoms with Gasteiger partial charge in [0.1, 0.15) is 0 Å². The Balaban J connectivity index is 1.63. The molecule has 128 valence electrons. The molecule has 2 aliphatic carbocycles. The maximum atomic E-state index is 10.7. The molecule has 2 bridgehead atoms. The molecule has 0 spiro atoms. The molecule has 24 heavy (non-hydrogen) atoms. The molecule has 2 aliphatic rings. The highest BCUT2D eigenvalue weighted by Crippen LogP contribution is 2.63. The molecule has 0 aliphatic heterocycles. The summed E-state index contributed by atoms with van der Waals surface area (Å²) in [5, 5.41) is 18.6. The molecule has 0 radical (unpaired) electrons. The van der Waals surface area contributed by atoms with Crippen LogP contribution < -0.4 is 10.7 Å². The van der Waals surface area contributed by atoms with Crippen LogP contribution in [0, 0.1) is 26.9 Å². The van der Waals surface area contributed by atoms with Gasteiger partial charge in [0.25, 0.3) is 5.69 Å². The van der Waals surface area contributed by atoms with Crippen molar-refractivity contribution in [3.63, 3.8) is 0 Å². The summed E-state index contributed by atoms with van der Waals surface area (Å²) in [6.07, 6.45) is 3.47. The van der Waals surface area contributed by atoms with Crippen LogP contribution in [0.25, 0.3) is 0 Å². The molecule has 1 aromatic carbocycles. The molecule has 0 heterocycles. The first-order valence-corrected chi connectivity index (χ1v) is 8.53. The van der Waals surface area contributed by atoms with Crippen molar-refractivity contribution in [2.45, 2.75) is 40.0 Å². The van der Waals surface area contributed by atoms with Crippen LogP contribution in [0.2, 0.25) is 0 Å². The van der Waals surface area contributed by atoms with Crippen molar-refractivity contribution in [1.82, 2.24) is 5.43 Å². The third kappa shape index (κ3) is 2.66. The Labute approximate surface area is 146 Å². The van der Waals surface area contributed by atoms with Crippen molar-refractivity contribution in [3.05, 3.63) is 34.4 Å². The van der Waals surface area contributed by atoms with Crippen LogP contribution in [0.4, 0.5) is 11.4 Å². The lowest BCUT2D eigenvalue weighted by Crippen LogP contribution is -2.34. The molecule has 0 amide bonds. The minimum Gasteiger partial charge on any atom is -0.331 e. The average molecular weight is 346 g/mol. The molecule has 0 aromatic heterocycles. The number of fused-ring (bicyclic) bond motifs is 2. The van der Waals surface area contributed by atoms with Crippen LogP contribution in [-0.2, 0) is 0 Å². The number of hydrogen-bond acceptors (Lipinski definition) is 4. The Kier molecular flexibility index (Phi) is 4.07. The minimum atomic E-state index is -0.427. The van der Waals surface area contributed by atoms with E-state index < -0.39 is 4.92 Å². The molecule has 3 rings (SSSR count). The van der Waals surface area contributed by atoms with Gasteiger partial charge in [0, 0.05) is 28.9 Å². The van der Waals surface area contributed by atoms with Crippen LogP contribution >= 0.6 is 12.2 Å². The van der Waals surface area contributed by atoms with Crippen molar-refractivity contribution in [3.8, 4) is 0 Å². The van der Waals surface area contributed by atoms with Crippen LogP contribution in [-0.4, -0.2) is 15.7 Å². The van der Waals surface area contributed by atoms with Gasteiger partial charge in [-0.05, 0) is 54.9 Å². The standard InChI is InChI=1S/C17H22N4O2S/c1-16(2)11-8-9-17(16,3)14(10-11)19-20-15(24)18-12-4-6-13(7-5-12)21(22)23/h4-7,11H,8-10H2,1-3H3,(H2,18,20,24)/b19-14+/t11-,17-/m1/s1. The van der Waals surface area contributed by atoms with Gasteiger partial charge in [0.05, 0.1) is 4.92 Å². The summed E-state index contributed by atoms with van der Waals surface area (Å²) in [6.45, 7) is 6.97. The molecule has 0 unspecified atom stereocenters. The first-order chi connectivity index (χ1) is 11.2. The first kappa shape index (κ1) is 16.8. The second kappa shape index (κ2) is 5.81. The summed E-state index contributed by atoms with van der Waals surface area (Å²) in [7, 11) is 0. The van der Waals surface area contributed by atoms with Crippen molar-refractivity contribution < 1.29 is 4.92 Å². The van der Waals surface area contributed by atoms with E-state index >= 15 is 0 Å². The largest absolute Gasteiger partial charge is 0.331 e. The summed E-state index contributed by atoms with van der Waals surface area (Å²) in [5.74, 6) is 0.694. The lowest BCUT2D eigenvalue weighted by atomic mass is 9.70. The van der Waals surface area contributed by atoms with Gasteiger partial charge < -0.3 is 5.32 Å². The van der Waals surface area contributed by atoms with Crippen molar-refractivity contribution >= 4 is 34.4 Å². The van der Waals surface area contributed by atoms with E-state index in [1.165, 1.54) is 30.7 Å².